The molecule has 0 atom stereocenters. The van der Waals surface area contributed by atoms with Gasteiger partial charge in [0.05, 0.1) is 6.61 Å². The van der Waals surface area contributed by atoms with Gasteiger partial charge in [-0.2, -0.15) is 0 Å². The molecular formula is C16H22O2. The molecule has 0 bridgehead atoms. The Labute approximate surface area is 110 Å². The van der Waals surface area contributed by atoms with E-state index >= 15 is 0 Å². The molecule has 0 amide bonds. The number of rotatable bonds is 7. The molecule has 1 rings (SSSR count). The lowest BCUT2D eigenvalue weighted by atomic mass is 10.1. The average molecular weight is 246 g/mol. The largest absolute Gasteiger partial charge is 0.384 e. The van der Waals surface area contributed by atoms with Crippen LogP contribution in [0, 0.1) is 11.8 Å². The van der Waals surface area contributed by atoms with E-state index < -0.39 is 0 Å². The van der Waals surface area contributed by atoms with Crippen molar-refractivity contribution in [1.29, 1.82) is 0 Å². The summed E-state index contributed by atoms with van der Waals surface area (Å²) >= 11 is 0. The van der Waals surface area contributed by atoms with Gasteiger partial charge in [0.1, 0.15) is 6.61 Å². The molecule has 98 valence electrons. The van der Waals surface area contributed by atoms with Crippen molar-refractivity contribution >= 4 is 0 Å². The molecule has 2 heteroatoms. The molecular weight excluding hydrogens is 224 g/mol. The monoisotopic (exact) mass is 246 g/mol. The molecule has 0 aliphatic carbocycles. The molecule has 0 aliphatic heterocycles. The van der Waals surface area contributed by atoms with Crippen molar-refractivity contribution in [2.45, 2.75) is 39.2 Å². The number of benzene rings is 1. The Kier molecular flexibility index (Phi) is 7.96. The maximum absolute atomic E-state index is 8.64. The van der Waals surface area contributed by atoms with Crippen LogP contribution in [-0.2, 0) is 11.3 Å². The van der Waals surface area contributed by atoms with Crippen molar-refractivity contribution in [3.63, 3.8) is 0 Å². The van der Waals surface area contributed by atoms with Gasteiger partial charge in [-0.25, -0.2) is 0 Å². The first-order chi connectivity index (χ1) is 8.86. The van der Waals surface area contributed by atoms with Crippen molar-refractivity contribution in [1.82, 2.24) is 0 Å². The Morgan fingerprint density at radius 1 is 1.22 bits per heavy atom. The number of ether oxygens (including phenoxy) is 1. The second kappa shape index (κ2) is 9.70. The highest BCUT2D eigenvalue weighted by atomic mass is 16.5. The van der Waals surface area contributed by atoms with Crippen molar-refractivity contribution < 1.29 is 9.84 Å². The number of unbranched alkanes of at least 4 members (excludes halogenated alkanes) is 3. The number of hydrogen-bond acceptors (Lipinski definition) is 2. The third-order valence-corrected chi connectivity index (χ3v) is 2.65. The number of aliphatic hydroxyl groups is 1. The summed E-state index contributed by atoms with van der Waals surface area (Å²) in [7, 11) is 0. The van der Waals surface area contributed by atoms with Gasteiger partial charge in [-0.3, -0.25) is 0 Å². The Balaban J connectivity index is 2.29. The number of hydrogen-bond donors (Lipinski definition) is 1. The van der Waals surface area contributed by atoms with E-state index in [1.54, 1.807) is 0 Å². The minimum atomic E-state index is -0.0991. The summed E-state index contributed by atoms with van der Waals surface area (Å²) in [5, 5.41) is 8.64. The summed E-state index contributed by atoms with van der Waals surface area (Å²) in [6.45, 7) is 3.57. The lowest BCUT2D eigenvalue weighted by Crippen LogP contribution is -1.96. The van der Waals surface area contributed by atoms with E-state index in [1.807, 2.05) is 24.3 Å². The van der Waals surface area contributed by atoms with E-state index in [-0.39, 0.29) is 6.61 Å². The molecule has 0 radical (unpaired) electrons. The minimum Gasteiger partial charge on any atom is -0.384 e. The highest BCUT2D eigenvalue weighted by Crippen LogP contribution is 2.07. The Morgan fingerprint density at radius 2 is 2.11 bits per heavy atom. The fourth-order valence-corrected chi connectivity index (χ4v) is 1.70. The Bertz CT molecular complexity index is 388. The highest BCUT2D eigenvalue weighted by molar-refractivity contribution is 5.36. The standard InChI is InChI=1S/C16H22O2/c1-2-3-4-5-12-18-14-16-9-6-8-15(13-16)10-7-11-17/h6,8-9,13,17H,2-5,11-12,14H2,1H3. The molecule has 18 heavy (non-hydrogen) atoms. The average Bonchev–Trinajstić information content (AvgIpc) is 2.41. The smallest absolute Gasteiger partial charge is 0.104 e. The molecule has 0 aromatic heterocycles. The quantitative estimate of drug-likeness (QED) is 0.591. The van der Waals surface area contributed by atoms with E-state index in [2.05, 4.69) is 18.8 Å². The molecule has 0 unspecified atom stereocenters. The summed E-state index contributed by atoms with van der Waals surface area (Å²) in [5.74, 6) is 5.54. The molecule has 0 heterocycles. The maximum atomic E-state index is 8.64. The minimum absolute atomic E-state index is 0.0991. The van der Waals surface area contributed by atoms with Crippen LogP contribution in [0.25, 0.3) is 0 Å². The van der Waals surface area contributed by atoms with E-state index in [0.29, 0.717) is 6.61 Å². The predicted molar refractivity (Wildman–Crippen MR) is 74.2 cm³/mol. The van der Waals surface area contributed by atoms with Gasteiger partial charge in [-0.1, -0.05) is 50.2 Å². The van der Waals surface area contributed by atoms with Crippen LogP contribution in [0.2, 0.25) is 0 Å². The maximum Gasteiger partial charge on any atom is 0.104 e. The van der Waals surface area contributed by atoms with Gasteiger partial charge in [-0.05, 0) is 24.1 Å². The molecule has 0 saturated carbocycles. The van der Waals surface area contributed by atoms with Crippen molar-refractivity contribution in [2.24, 2.45) is 0 Å². The summed E-state index contributed by atoms with van der Waals surface area (Å²) in [4.78, 5) is 0. The van der Waals surface area contributed by atoms with Crippen LogP contribution >= 0.6 is 0 Å². The fourth-order valence-electron chi connectivity index (χ4n) is 1.70. The Morgan fingerprint density at radius 3 is 2.89 bits per heavy atom. The second-order valence-electron chi connectivity index (χ2n) is 4.27. The van der Waals surface area contributed by atoms with Gasteiger partial charge in [0.2, 0.25) is 0 Å². The molecule has 0 saturated heterocycles. The van der Waals surface area contributed by atoms with E-state index in [1.165, 1.54) is 19.3 Å². The lowest BCUT2D eigenvalue weighted by molar-refractivity contribution is 0.117. The predicted octanol–water partition coefficient (Wildman–Crippen LogP) is 3.13. The molecule has 1 aromatic rings. The van der Waals surface area contributed by atoms with Crippen LogP contribution < -0.4 is 0 Å². The second-order valence-corrected chi connectivity index (χ2v) is 4.27. The normalized spacial score (nSPS) is 9.89. The van der Waals surface area contributed by atoms with Crippen LogP contribution in [0.15, 0.2) is 24.3 Å². The van der Waals surface area contributed by atoms with Crippen LogP contribution in [0.5, 0.6) is 0 Å². The zero-order valence-electron chi connectivity index (χ0n) is 11.1. The highest BCUT2D eigenvalue weighted by Gasteiger charge is 1.95. The molecule has 0 aliphatic rings. The van der Waals surface area contributed by atoms with Crippen LogP contribution in [0.3, 0.4) is 0 Å². The third-order valence-electron chi connectivity index (χ3n) is 2.65. The fraction of sp³-hybridized carbons (Fsp3) is 0.500. The van der Waals surface area contributed by atoms with E-state index in [4.69, 9.17) is 9.84 Å². The van der Waals surface area contributed by atoms with Crippen LogP contribution in [-0.4, -0.2) is 18.3 Å². The lowest BCUT2D eigenvalue weighted by Gasteiger charge is -2.04. The first kappa shape index (κ1) is 14.8. The van der Waals surface area contributed by atoms with Gasteiger partial charge in [0.15, 0.2) is 0 Å². The van der Waals surface area contributed by atoms with E-state index in [0.717, 1.165) is 24.2 Å². The SMILES string of the molecule is CCCCCCOCc1cccc(C#CCO)c1. The van der Waals surface area contributed by atoms with Crippen molar-refractivity contribution in [3.8, 4) is 11.8 Å². The Hall–Kier alpha value is -1.30. The van der Waals surface area contributed by atoms with Crippen LogP contribution in [0.1, 0.15) is 43.7 Å². The van der Waals surface area contributed by atoms with Gasteiger partial charge in [0.25, 0.3) is 0 Å². The van der Waals surface area contributed by atoms with Crippen LogP contribution in [0.4, 0.5) is 0 Å². The first-order valence-corrected chi connectivity index (χ1v) is 6.63. The number of aliphatic hydroxyl groups excluding tert-OH is 1. The van der Waals surface area contributed by atoms with Gasteiger partial charge in [0, 0.05) is 12.2 Å². The summed E-state index contributed by atoms with van der Waals surface area (Å²) in [6.07, 6.45) is 4.93. The van der Waals surface area contributed by atoms with Crippen molar-refractivity contribution in [2.75, 3.05) is 13.2 Å². The summed E-state index contributed by atoms with van der Waals surface area (Å²) in [6, 6.07) is 7.95. The summed E-state index contributed by atoms with van der Waals surface area (Å²) in [5.41, 5.74) is 2.06. The molecule has 2 nitrogen and oxygen atoms in total. The topological polar surface area (TPSA) is 29.5 Å². The molecule has 0 spiro atoms. The van der Waals surface area contributed by atoms with Crippen molar-refractivity contribution in [3.05, 3.63) is 35.4 Å². The molecule has 1 aromatic carbocycles. The van der Waals surface area contributed by atoms with Gasteiger partial charge in [-0.15, -0.1) is 0 Å². The molecule has 0 fully saturated rings. The summed E-state index contributed by atoms with van der Waals surface area (Å²) < 4.78 is 5.63. The third kappa shape index (κ3) is 6.44. The molecule has 1 N–H and O–H groups in total. The first-order valence-electron chi connectivity index (χ1n) is 6.63. The zero-order chi connectivity index (χ0) is 13.1. The van der Waals surface area contributed by atoms with E-state index in [9.17, 15) is 0 Å². The zero-order valence-corrected chi connectivity index (χ0v) is 11.1. The van der Waals surface area contributed by atoms with Gasteiger partial charge < -0.3 is 9.84 Å². The van der Waals surface area contributed by atoms with Gasteiger partial charge >= 0.3 is 0 Å².